The van der Waals surface area contributed by atoms with Crippen LogP contribution in [0.2, 0.25) is 0 Å². The normalized spacial score (nSPS) is 27.1. The Morgan fingerprint density at radius 1 is 1.35 bits per heavy atom. The molecule has 2 aromatic rings. The summed E-state index contributed by atoms with van der Waals surface area (Å²) in [7, 11) is 0. The number of fused-ring (bicyclic) bond motifs is 3. The van der Waals surface area contributed by atoms with Gasteiger partial charge in [-0.3, -0.25) is 0 Å². The van der Waals surface area contributed by atoms with Gasteiger partial charge in [0, 0.05) is 5.56 Å². The molecule has 0 bridgehead atoms. The Kier molecular flexibility index (Phi) is 3.82. The van der Waals surface area contributed by atoms with Crippen LogP contribution in [0.15, 0.2) is 17.6 Å². The van der Waals surface area contributed by atoms with Crippen LogP contribution in [-0.2, 0) is 0 Å². The summed E-state index contributed by atoms with van der Waals surface area (Å²) in [5.74, 6) is 1.57. The maximum absolute atomic E-state index is 10.8. The van der Waals surface area contributed by atoms with Crippen molar-refractivity contribution in [1.29, 1.82) is 0 Å². The number of nitrogens with zero attached hydrogens (tertiary/aromatic N) is 1. The molecule has 1 fully saturated rings. The first-order chi connectivity index (χ1) is 11.1. The van der Waals surface area contributed by atoms with Crippen LogP contribution in [0.3, 0.4) is 0 Å². The molecule has 5 heteroatoms. The summed E-state index contributed by atoms with van der Waals surface area (Å²) >= 11 is 1.62. The molecular weight excluding hydrogens is 308 g/mol. The molecule has 2 aliphatic rings. The molecule has 1 aromatic carbocycles. The third kappa shape index (κ3) is 2.65. The average molecular weight is 332 g/mol. The lowest BCUT2D eigenvalue weighted by Gasteiger charge is -2.42. The molecule has 2 unspecified atom stereocenters. The number of aliphatic hydroxyl groups excluding tert-OH is 1. The summed E-state index contributed by atoms with van der Waals surface area (Å²) in [5.41, 5.74) is 3.18. The summed E-state index contributed by atoms with van der Waals surface area (Å²) in [6.45, 7) is 4.87. The molecule has 4 rings (SSSR count). The Bertz CT molecular complexity index is 706. The lowest BCUT2D eigenvalue weighted by molar-refractivity contribution is -0.0641. The third-order valence-electron chi connectivity index (χ3n) is 5.32. The van der Waals surface area contributed by atoms with E-state index in [1.54, 1.807) is 11.3 Å². The van der Waals surface area contributed by atoms with Gasteiger partial charge in [0.05, 0.1) is 16.3 Å². The highest BCUT2D eigenvalue weighted by molar-refractivity contribution is 7.16. The molecule has 1 aliphatic heterocycles. The third-order valence-corrected chi connectivity index (χ3v) is 6.11. The zero-order valence-electron chi connectivity index (χ0n) is 13.7. The lowest BCUT2D eigenvalue weighted by Crippen LogP contribution is -2.53. The molecule has 0 amide bonds. The first kappa shape index (κ1) is 15.4. The van der Waals surface area contributed by atoms with Crippen LogP contribution in [0, 0.1) is 5.92 Å². The average Bonchev–Trinajstić information content (AvgIpc) is 3.18. The summed E-state index contributed by atoms with van der Waals surface area (Å²) in [4.78, 5) is 4.48. The fourth-order valence-electron chi connectivity index (χ4n) is 3.90. The summed E-state index contributed by atoms with van der Waals surface area (Å²) < 4.78 is 7.29. The van der Waals surface area contributed by atoms with Gasteiger partial charge in [-0.1, -0.05) is 18.9 Å². The first-order valence-corrected chi connectivity index (χ1v) is 9.41. The van der Waals surface area contributed by atoms with Crippen molar-refractivity contribution in [3.8, 4) is 5.75 Å². The second-order valence-electron chi connectivity index (χ2n) is 7.37. The standard InChI is InChI=1S/C18H24N2O2S/c1-18(2)17(21)14(19-9-11-5-3-4-6-11)12-7-8-13-15(16(12)22-18)20-10-23-13/h7-8,10-11,14,17,19,21H,3-6,9H2,1-2H3. The molecule has 124 valence electrons. The Morgan fingerprint density at radius 3 is 2.91 bits per heavy atom. The summed E-state index contributed by atoms with van der Waals surface area (Å²) in [5, 5.41) is 14.5. The molecule has 1 saturated carbocycles. The van der Waals surface area contributed by atoms with Crippen LogP contribution >= 0.6 is 11.3 Å². The number of nitrogens with one attached hydrogen (secondary N) is 1. The van der Waals surface area contributed by atoms with Gasteiger partial charge in [0.25, 0.3) is 0 Å². The van der Waals surface area contributed by atoms with Crippen molar-refractivity contribution in [3.05, 3.63) is 23.2 Å². The van der Waals surface area contributed by atoms with Crippen molar-refractivity contribution in [2.75, 3.05) is 6.54 Å². The summed E-state index contributed by atoms with van der Waals surface area (Å²) in [6, 6.07) is 4.07. The Hall–Kier alpha value is -1.17. The van der Waals surface area contributed by atoms with E-state index in [0.29, 0.717) is 0 Å². The van der Waals surface area contributed by atoms with Crippen LogP contribution in [0.1, 0.15) is 51.1 Å². The maximum atomic E-state index is 10.8. The predicted octanol–water partition coefficient (Wildman–Crippen LogP) is 3.65. The number of hydrogen-bond donors (Lipinski definition) is 2. The van der Waals surface area contributed by atoms with E-state index in [1.165, 1.54) is 25.7 Å². The van der Waals surface area contributed by atoms with Gasteiger partial charge in [-0.15, -0.1) is 11.3 Å². The van der Waals surface area contributed by atoms with E-state index in [-0.39, 0.29) is 6.04 Å². The molecule has 0 spiro atoms. The van der Waals surface area contributed by atoms with Crippen LogP contribution < -0.4 is 10.1 Å². The minimum atomic E-state index is -0.627. The molecule has 0 saturated heterocycles. The monoisotopic (exact) mass is 332 g/mol. The van der Waals surface area contributed by atoms with Gasteiger partial charge < -0.3 is 15.2 Å². The molecule has 23 heavy (non-hydrogen) atoms. The maximum Gasteiger partial charge on any atom is 0.152 e. The number of rotatable bonds is 3. The minimum Gasteiger partial charge on any atom is -0.482 e. The van der Waals surface area contributed by atoms with Crippen molar-refractivity contribution in [3.63, 3.8) is 0 Å². The van der Waals surface area contributed by atoms with Crippen LogP contribution in [0.5, 0.6) is 5.75 Å². The van der Waals surface area contributed by atoms with Crippen LogP contribution in [0.4, 0.5) is 0 Å². The van der Waals surface area contributed by atoms with Gasteiger partial charge in [-0.25, -0.2) is 4.98 Å². The number of aromatic nitrogens is 1. The second kappa shape index (κ2) is 5.72. The minimum absolute atomic E-state index is 0.0968. The quantitative estimate of drug-likeness (QED) is 0.901. The van der Waals surface area contributed by atoms with Gasteiger partial charge in [0.2, 0.25) is 0 Å². The number of hydrogen-bond acceptors (Lipinski definition) is 5. The zero-order chi connectivity index (χ0) is 16.0. The van der Waals surface area contributed by atoms with Crippen LogP contribution in [0.25, 0.3) is 10.2 Å². The van der Waals surface area contributed by atoms with Gasteiger partial charge >= 0.3 is 0 Å². The van der Waals surface area contributed by atoms with Crippen molar-refractivity contribution in [2.45, 2.75) is 57.3 Å². The van der Waals surface area contributed by atoms with E-state index in [2.05, 4.69) is 22.4 Å². The van der Waals surface area contributed by atoms with E-state index in [0.717, 1.165) is 34.0 Å². The predicted molar refractivity (Wildman–Crippen MR) is 93.0 cm³/mol. The highest BCUT2D eigenvalue weighted by atomic mass is 32.1. The zero-order valence-corrected chi connectivity index (χ0v) is 14.5. The van der Waals surface area contributed by atoms with Crippen LogP contribution in [-0.4, -0.2) is 28.3 Å². The molecule has 2 N–H and O–H groups in total. The highest BCUT2D eigenvalue weighted by Crippen LogP contribution is 2.44. The van der Waals surface area contributed by atoms with Gasteiger partial charge in [0.1, 0.15) is 17.2 Å². The van der Waals surface area contributed by atoms with Crippen molar-refractivity contribution >= 4 is 21.6 Å². The fourth-order valence-corrected chi connectivity index (χ4v) is 4.57. The number of ether oxygens (including phenoxy) is 1. The highest BCUT2D eigenvalue weighted by Gasteiger charge is 2.43. The number of thiazole rings is 1. The van der Waals surface area contributed by atoms with Gasteiger partial charge in [-0.2, -0.15) is 0 Å². The van der Waals surface area contributed by atoms with Gasteiger partial charge in [0.15, 0.2) is 5.75 Å². The second-order valence-corrected chi connectivity index (χ2v) is 8.26. The Labute approximate surface area is 140 Å². The smallest absolute Gasteiger partial charge is 0.152 e. The molecule has 0 radical (unpaired) electrons. The van der Waals surface area contributed by atoms with E-state index >= 15 is 0 Å². The van der Waals surface area contributed by atoms with E-state index in [1.807, 2.05) is 19.4 Å². The Balaban J connectivity index is 1.69. The van der Waals surface area contributed by atoms with Crippen molar-refractivity contribution in [2.24, 2.45) is 5.92 Å². The van der Waals surface area contributed by atoms with E-state index in [9.17, 15) is 5.11 Å². The first-order valence-electron chi connectivity index (χ1n) is 8.53. The largest absolute Gasteiger partial charge is 0.482 e. The van der Waals surface area contributed by atoms with E-state index in [4.69, 9.17) is 4.74 Å². The molecule has 2 atom stereocenters. The van der Waals surface area contributed by atoms with Gasteiger partial charge in [-0.05, 0) is 45.2 Å². The van der Waals surface area contributed by atoms with Crippen molar-refractivity contribution in [1.82, 2.24) is 10.3 Å². The Morgan fingerprint density at radius 2 is 2.13 bits per heavy atom. The lowest BCUT2D eigenvalue weighted by atomic mass is 9.86. The number of benzene rings is 1. The molecule has 4 nitrogen and oxygen atoms in total. The molecule has 1 aliphatic carbocycles. The van der Waals surface area contributed by atoms with Crippen molar-refractivity contribution < 1.29 is 9.84 Å². The topological polar surface area (TPSA) is 54.4 Å². The summed E-state index contributed by atoms with van der Waals surface area (Å²) in [6.07, 6.45) is 4.70. The SMILES string of the molecule is CC1(C)Oc2c(ccc3scnc23)C(NCC2CCCC2)C1O. The number of aliphatic hydroxyl groups is 1. The molecule has 1 aromatic heterocycles. The fraction of sp³-hybridized carbons (Fsp3) is 0.611. The van der Waals surface area contributed by atoms with E-state index < -0.39 is 11.7 Å². The molecular formula is C18H24N2O2S. The molecule has 2 heterocycles.